The number of piperidine rings is 3. The minimum atomic E-state index is -0.578. The fraction of sp³-hybridized carbons (Fsp3) is 0.345. The normalized spacial score (nSPS) is 23.9. The third-order valence-corrected chi connectivity index (χ3v) is 7.73. The average Bonchev–Trinajstić information content (AvgIpc) is 2.89. The number of aryl methyl sites for hydroxylation is 1. The fourth-order valence-electron chi connectivity index (χ4n) is 5.80. The van der Waals surface area contributed by atoms with Gasteiger partial charge in [-0.2, -0.15) is 0 Å². The highest BCUT2D eigenvalue weighted by Crippen LogP contribution is 2.39. The molecule has 2 bridgehead atoms. The molecule has 1 atom stereocenters. The van der Waals surface area contributed by atoms with Crippen molar-refractivity contribution in [2.45, 2.75) is 37.7 Å². The summed E-state index contributed by atoms with van der Waals surface area (Å²) in [5.74, 6) is 0.429. The summed E-state index contributed by atoms with van der Waals surface area (Å²) in [5, 5.41) is 12.6. The van der Waals surface area contributed by atoms with Crippen LogP contribution in [0.15, 0.2) is 73.2 Å². The summed E-state index contributed by atoms with van der Waals surface area (Å²) in [6.45, 7) is 3.09. The third kappa shape index (κ3) is 4.22. The molecule has 3 fully saturated rings. The predicted molar refractivity (Wildman–Crippen MR) is 134 cm³/mol. The summed E-state index contributed by atoms with van der Waals surface area (Å²) in [5.41, 5.74) is 5.86. The van der Waals surface area contributed by atoms with Gasteiger partial charge in [0.2, 0.25) is 0 Å². The Morgan fingerprint density at radius 2 is 1.85 bits per heavy atom. The first-order valence-corrected chi connectivity index (χ1v) is 12.3. The second-order valence-electron chi connectivity index (χ2n) is 9.91. The average molecular weight is 451 g/mol. The van der Waals surface area contributed by atoms with Crippen LogP contribution >= 0.6 is 0 Å². The molecule has 0 spiro atoms. The summed E-state index contributed by atoms with van der Waals surface area (Å²) in [7, 11) is 0. The van der Waals surface area contributed by atoms with Gasteiger partial charge in [0, 0.05) is 42.0 Å². The van der Waals surface area contributed by atoms with Crippen LogP contribution in [0.25, 0.3) is 22.2 Å². The molecule has 3 saturated heterocycles. The van der Waals surface area contributed by atoms with Crippen LogP contribution in [0.1, 0.15) is 36.1 Å². The molecule has 1 unspecified atom stereocenters. The maximum Gasteiger partial charge on any atom is 0.0885 e. The molecule has 4 aromatic rings. The summed E-state index contributed by atoms with van der Waals surface area (Å²) in [6.07, 6.45) is 9.86. The van der Waals surface area contributed by atoms with Gasteiger partial charge in [-0.1, -0.05) is 42.5 Å². The van der Waals surface area contributed by atoms with E-state index in [1.807, 2.05) is 6.07 Å². The van der Waals surface area contributed by atoms with E-state index in [9.17, 15) is 5.11 Å². The van der Waals surface area contributed by atoms with Crippen molar-refractivity contribution in [3.63, 3.8) is 0 Å². The quantitative estimate of drug-likeness (QED) is 0.462. The lowest BCUT2D eigenvalue weighted by atomic mass is 9.72. The summed E-state index contributed by atoms with van der Waals surface area (Å²) in [4.78, 5) is 16.2. The van der Waals surface area contributed by atoms with Gasteiger partial charge < -0.3 is 10.0 Å². The van der Waals surface area contributed by atoms with E-state index < -0.39 is 5.60 Å². The third-order valence-electron chi connectivity index (χ3n) is 7.73. The van der Waals surface area contributed by atoms with Gasteiger partial charge in [-0.3, -0.25) is 15.0 Å². The van der Waals surface area contributed by atoms with Gasteiger partial charge in [-0.25, -0.2) is 0 Å². The monoisotopic (exact) mass is 450 g/mol. The zero-order chi connectivity index (χ0) is 23.0. The van der Waals surface area contributed by atoms with E-state index in [2.05, 4.69) is 63.4 Å². The Morgan fingerprint density at radius 1 is 1.00 bits per heavy atom. The molecule has 5 nitrogen and oxygen atoms in total. The Hall–Kier alpha value is -3.15. The van der Waals surface area contributed by atoms with E-state index in [1.165, 1.54) is 11.1 Å². The minimum Gasteiger partial charge on any atom is -0.388 e. The number of nitrogens with zero attached hydrogens (tertiary/aromatic N) is 4. The SMILES string of the molecule is OC1(CCc2cc3ccc(-c4cnccn4)cc3nc2Cc2ccccc2)CN2CCC1CC2. The molecule has 0 aliphatic carbocycles. The van der Waals surface area contributed by atoms with E-state index in [1.54, 1.807) is 18.6 Å². The van der Waals surface area contributed by atoms with Crippen LogP contribution in [0.3, 0.4) is 0 Å². The van der Waals surface area contributed by atoms with E-state index in [0.29, 0.717) is 5.92 Å². The number of rotatable bonds is 6. The van der Waals surface area contributed by atoms with Crippen LogP contribution in [0.4, 0.5) is 0 Å². The highest BCUT2D eigenvalue weighted by Gasteiger charge is 2.44. The minimum absolute atomic E-state index is 0.429. The maximum absolute atomic E-state index is 11.5. The summed E-state index contributed by atoms with van der Waals surface area (Å²) < 4.78 is 0. The van der Waals surface area contributed by atoms with Crippen molar-refractivity contribution >= 4 is 10.9 Å². The lowest BCUT2D eigenvalue weighted by molar-refractivity contribution is -0.115. The van der Waals surface area contributed by atoms with E-state index in [4.69, 9.17) is 4.98 Å². The molecular formula is C29H30N4O. The zero-order valence-corrected chi connectivity index (χ0v) is 19.4. The van der Waals surface area contributed by atoms with Crippen LogP contribution in [0, 0.1) is 5.92 Å². The topological polar surface area (TPSA) is 62.1 Å². The van der Waals surface area contributed by atoms with Gasteiger partial charge in [0.05, 0.1) is 23.0 Å². The van der Waals surface area contributed by atoms with E-state index in [-0.39, 0.29) is 0 Å². The molecule has 0 radical (unpaired) electrons. The van der Waals surface area contributed by atoms with Crippen molar-refractivity contribution in [2.75, 3.05) is 19.6 Å². The number of fused-ring (bicyclic) bond motifs is 4. The van der Waals surface area contributed by atoms with Gasteiger partial charge in [-0.05, 0) is 68.0 Å². The second-order valence-corrected chi connectivity index (χ2v) is 9.91. The van der Waals surface area contributed by atoms with Crippen LogP contribution in [0.5, 0.6) is 0 Å². The summed E-state index contributed by atoms with van der Waals surface area (Å²) >= 11 is 0. The number of hydrogen-bond donors (Lipinski definition) is 1. The van der Waals surface area contributed by atoms with Gasteiger partial charge in [-0.15, -0.1) is 0 Å². The molecule has 3 aliphatic heterocycles. The number of pyridine rings is 1. The van der Waals surface area contributed by atoms with Crippen LogP contribution in [0.2, 0.25) is 0 Å². The molecule has 172 valence electrons. The molecule has 2 aromatic heterocycles. The molecule has 7 rings (SSSR count). The lowest BCUT2D eigenvalue weighted by Crippen LogP contribution is -2.59. The van der Waals surface area contributed by atoms with Crippen molar-refractivity contribution in [2.24, 2.45) is 5.92 Å². The van der Waals surface area contributed by atoms with Crippen molar-refractivity contribution in [1.82, 2.24) is 19.9 Å². The first-order valence-electron chi connectivity index (χ1n) is 12.3. The molecule has 0 amide bonds. The molecule has 5 heteroatoms. The van der Waals surface area contributed by atoms with Gasteiger partial charge in [0.1, 0.15) is 0 Å². The maximum atomic E-state index is 11.5. The summed E-state index contributed by atoms with van der Waals surface area (Å²) in [6, 6.07) is 19.1. The van der Waals surface area contributed by atoms with Crippen molar-refractivity contribution < 1.29 is 5.11 Å². The Bertz CT molecular complexity index is 1290. The predicted octanol–water partition coefficient (Wildman–Crippen LogP) is 4.67. The number of aromatic nitrogens is 3. The largest absolute Gasteiger partial charge is 0.388 e. The van der Waals surface area contributed by atoms with E-state index in [0.717, 1.165) is 79.6 Å². The van der Waals surface area contributed by atoms with Gasteiger partial charge >= 0.3 is 0 Å². The lowest BCUT2D eigenvalue weighted by Gasteiger charge is -2.50. The van der Waals surface area contributed by atoms with Crippen molar-refractivity contribution in [3.05, 3.63) is 90.0 Å². The smallest absolute Gasteiger partial charge is 0.0885 e. The van der Waals surface area contributed by atoms with Crippen molar-refractivity contribution in [3.8, 4) is 11.3 Å². The first kappa shape index (κ1) is 21.4. The van der Waals surface area contributed by atoms with Crippen LogP contribution in [-0.4, -0.2) is 50.2 Å². The Labute approximate surface area is 200 Å². The molecule has 3 aliphatic rings. The highest BCUT2D eigenvalue weighted by atomic mass is 16.3. The molecule has 2 aromatic carbocycles. The van der Waals surface area contributed by atoms with Gasteiger partial charge in [0.15, 0.2) is 0 Å². The van der Waals surface area contributed by atoms with E-state index >= 15 is 0 Å². The molecule has 34 heavy (non-hydrogen) atoms. The molecule has 1 N–H and O–H groups in total. The van der Waals surface area contributed by atoms with Crippen LogP contribution < -0.4 is 0 Å². The Morgan fingerprint density at radius 3 is 2.59 bits per heavy atom. The Kier molecular flexibility index (Phi) is 5.60. The first-order chi connectivity index (χ1) is 16.7. The number of benzene rings is 2. The second kappa shape index (κ2) is 8.90. The van der Waals surface area contributed by atoms with Crippen molar-refractivity contribution in [1.29, 1.82) is 0 Å². The highest BCUT2D eigenvalue weighted by molar-refractivity contribution is 5.84. The fourth-order valence-corrected chi connectivity index (χ4v) is 5.80. The standard InChI is InChI=1S/C29H30N4O/c34-29(20-33-14-9-25(29)10-15-33)11-8-24-17-22-6-7-23(28-19-30-12-13-31-28)18-27(22)32-26(24)16-21-4-2-1-3-5-21/h1-7,12-13,17-19,25,34H,8-11,14-16,20H2. The molecular weight excluding hydrogens is 420 g/mol. The molecule has 0 saturated carbocycles. The molecule has 5 heterocycles. The van der Waals surface area contributed by atoms with Crippen LogP contribution in [-0.2, 0) is 12.8 Å². The number of aliphatic hydroxyl groups is 1. The van der Waals surface area contributed by atoms with Gasteiger partial charge in [0.25, 0.3) is 0 Å². The number of hydrogen-bond acceptors (Lipinski definition) is 5. The zero-order valence-electron chi connectivity index (χ0n) is 19.4. The Balaban J connectivity index is 1.35.